The predicted molar refractivity (Wildman–Crippen MR) is 123 cm³/mol. The number of anilines is 1. The average molecular weight is 426 g/mol. The molecule has 1 amide bonds. The van der Waals surface area contributed by atoms with Crippen LogP contribution in [0.1, 0.15) is 61.1 Å². The SMILES string of the molecule is Cc1cccc(C(C)C)c1NC(=O)[C@@H](C)Sc1ncnc2sc3c(c12)CCCC3. The number of thiophene rings is 1. The van der Waals surface area contributed by atoms with Gasteiger partial charge in [-0.25, -0.2) is 9.97 Å². The third kappa shape index (κ3) is 4.05. The molecule has 1 aliphatic rings. The maximum absolute atomic E-state index is 13.0. The van der Waals surface area contributed by atoms with Crippen LogP contribution in [0.5, 0.6) is 0 Å². The van der Waals surface area contributed by atoms with Crippen molar-refractivity contribution in [3.63, 3.8) is 0 Å². The Morgan fingerprint density at radius 3 is 2.76 bits per heavy atom. The molecule has 0 spiro atoms. The second-order valence-electron chi connectivity index (χ2n) is 8.01. The van der Waals surface area contributed by atoms with Gasteiger partial charge in [-0.05, 0) is 62.1 Å². The summed E-state index contributed by atoms with van der Waals surface area (Å²) in [4.78, 5) is 24.6. The topological polar surface area (TPSA) is 54.9 Å². The molecule has 1 aliphatic carbocycles. The van der Waals surface area contributed by atoms with Crippen LogP contribution in [0.3, 0.4) is 0 Å². The van der Waals surface area contributed by atoms with E-state index >= 15 is 0 Å². The molecule has 1 N–H and O–H groups in total. The van der Waals surface area contributed by atoms with Crippen molar-refractivity contribution < 1.29 is 4.79 Å². The number of carbonyl (C=O) groups is 1. The maximum atomic E-state index is 13.0. The van der Waals surface area contributed by atoms with Gasteiger partial charge in [0.1, 0.15) is 16.2 Å². The van der Waals surface area contributed by atoms with Crippen molar-refractivity contribution in [3.05, 3.63) is 46.1 Å². The molecule has 0 aliphatic heterocycles. The van der Waals surface area contributed by atoms with Gasteiger partial charge >= 0.3 is 0 Å². The first-order valence-corrected chi connectivity index (χ1v) is 12.0. The first kappa shape index (κ1) is 20.4. The summed E-state index contributed by atoms with van der Waals surface area (Å²) in [6.07, 6.45) is 6.34. The second-order valence-corrected chi connectivity index (χ2v) is 10.4. The third-order valence-electron chi connectivity index (χ3n) is 5.55. The van der Waals surface area contributed by atoms with E-state index in [1.807, 2.05) is 19.9 Å². The minimum atomic E-state index is -0.244. The van der Waals surface area contributed by atoms with Gasteiger partial charge in [0, 0.05) is 16.0 Å². The van der Waals surface area contributed by atoms with Crippen molar-refractivity contribution in [2.24, 2.45) is 0 Å². The van der Waals surface area contributed by atoms with Crippen molar-refractivity contribution in [3.8, 4) is 0 Å². The minimum absolute atomic E-state index is 0.0158. The summed E-state index contributed by atoms with van der Waals surface area (Å²) in [5, 5.41) is 5.05. The summed E-state index contributed by atoms with van der Waals surface area (Å²) in [5.74, 6) is 0.369. The monoisotopic (exact) mass is 425 g/mol. The van der Waals surface area contributed by atoms with E-state index in [2.05, 4.69) is 41.3 Å². The number of amides is 1. The Morgan fingerprint density at radius 1 is 1.17 bits per heavy atom. The van der Waals surface area contributed by atoms with Crippen LogP contribution in [-0.2, 0) is 17.6 Å². The summed E-state index contributed by atoms with van der Waals surface area (Å²) in [7, 11) is 0. The summed E-state index contributed by atoms with van der Waals surface area (Å²) in [6, 6.07) is 6.19. The lowest BCUT2D eigenvalue weighted by Gasteiger charge is -2.19. The molecule has 0 saturated heterocycles. The number of para-hydroxylation sites is 1. The van der Waals surface area contributed by atoms with Crippen molar-refractivity contribution in [2.75, 3.05) is 5.32 Å². The van der Waals surface area contributed by atoms with Crippen LogP contribution in [-0.4, -0.2) is 21.1 Å². The normalized spacial score (nSPS) is 14.8. The van der Waals surface area contributed by atoms with Crippen molar-refractivity contribution in [1.29, 1.82) is 0 Å². The first-order valence-electron chi connectivity index (χ1n) is 10.3. The molecule has 4 nitrogen and oxygen atoms in total. The molecule has 0 saturated carbocycles. The van der Waals surface area contributed by atoms with Crippen LogP contribution < -0.4 is 5.32 Å². The highest BCUT2D eigenvalue weighted by molar-refractivity contribution is 8.00. The second kappa shape index (κ2) is 8.44. The number of aryl methyl sites for hydroxylation is 3. The van der Waals surface area contributed by atoms with Crippen molar-refractivity contribution in [1.82, 2.24) is 9.97 Å². The summed E-state index contributed by atoms with van der Waals surface area (Å²) >= 11 is 3.34. The maximum Gasteiger partial charge on any atom is 0.237 e. The Kier molecular flexibility index (Phi) is 5.93. The molecule has 2 heterocycles. The number of thioether (sulfide) groups is 1. The zero-order chi connectivity index (χ0) is 20.5. The fraction of sp³-hybridized carbons (Fsp3) is 0.435. The van der Waals surface area contributed by atoms with Crippen LogP contribution in [0.25, 0.3) is 10.2 Å². The molecule has 4 rings (SSSR count). The molecule has 0 bridgehead atoms. The Morgan fingerprint density at radius 2 is 1.97 bits per heavy atom. The Hall–Kier alpha value is -1.92. The first-order chi connectivity index (χ1) is 14.0. The van der Waals surface area contributed by atoms with Gasteiger partial charge in [-0.15, -0.1) is 11.3 Å². The van der Waals surface area contributed by atoms with E-state index < -0.39 is 0 Å². The van der Waals surface area contributed by atoms with Crippen LogP contribution >= 0.6 is 23.1 Å². The Bertz CT molecular complexity index is 1060. The van der Waals surface area contributed by atoms with Crippen molar-refractivity contribution >= 4 is 44.9 Å². The lowest BCUT2D eigenvalue weighted by atomic mass is 9.97. The van der Waals surface area contributed by atoms with Gasteiger partial charge in [0.05, 0.1) is 5.25 Å². The number of rotatable bonds is 5. The number of aromatic nitrogens is 2. The highest BCUT2D eigenvalue weighted by Gasteiger charge is 2.23. The quantitative estimate of drug-likeness (QED) is 0.395. The Labute approximate surface area is 180 Å². The summed E-state index contributed by atoms with van der Waals surface area (Å²) in [6.45, 7) is 8.31. The van der Waals surface area contributed by atoms with Crippen LogP contribution in [0.15, 0.2) is 29.6 Å². The number of fused-ring (bicyclic) bond motifs is 3. The van der Waals surface area contributed by atoms with E-state index in [0.29, 0.717) is 5.92 Å². The molecule has 29 heavy (non-hydrogen) atoms. The lowest BCUT2D eigenvalue weighted by molar-refractivity contribution is -0.115. The Balaban J connectivity index is 1.58. The fourth-order valence-electron chi connectivity index (χ4n) is 3.94. The standard InChI is InChI=1S/C23H27N3OS2/c1-13(2)16-10-7-8-14(3)20(16)26-21(27)15(4)28-22-19-17-9-5-6-11-18(17)29-23(19)25-12-24-22/h7-8,10,12-13,15H,5-6,9,11H2,1-4H3,(H,26,27)/t15-/m1/s1. The van der Waals surface area contributed by atoms with Gasteiger partial charge in [0.25, 0.3) is 0 Å². The van der Waals surface area contributed by atoms with E-state index in [1.54, 1.807) is 29.4 Å². The van der Waals surface area contributed by atoms with Gasteiger partial charge < -0.3 is 5.32 Å². The number of nitrogens with one attached hydrogen (secondary N) is 1. The van der Waals surface area contributed by atoms with E-state index in [0.717, 1.165) is 33.9 Å². The van der Waals surface area contributed by atoms with E-state index in [9.17, 15) is 4.79 Å². The largest absolute Gasteiger partial charge is 0.325 e. The van der Waals surface area contributed by atoms with Gasteiger partial charge in [-0.2, -0.15) is 0 Å². The predicted octanol–water partition coefficient (Wildman–Crippen LogP) is 6.12. The number of benzene rings is 1. The smallest absolute Gasteiger partial charge is 0.237 e. The molecule has 2 aromatic heterocycles. The highest BCUT2D eigenvalue weighted by Crippen LogP contribution is 2.40. The van der Waals surface area contributed by atoms with Crippen LogP contribution in [0, 0.1) is 6.92 Å². The number of hydrogen-bond acceptors (Lipinski definition) is 5. The lowest BCUT2D eigenvalue weighted by Crippen LogP contribution is -2.24. The summed E-state index contributed by atoms with van der Waals surface area (Å²) < 4.78 is 0. The molecule has 1 atom stereocenters. The minimum Gasteiger partial charge on any atom is -0.325 e. The van der Waals surface area contributed by atoms with Crippen molar-refractivity contribution in [2.45, 2.75) is 69.6 Å². The van der Waals surface area contributed by atoms with Crippen LogP contribution in [0.4, 0.5) is 5.69 Å². The van der Waals surface area contributed by atoms with E-state index in [4.69, 9.17) is 0 Å². The van der Waals surface area contributed by atoms with Gasteiger partial charge in [0.2, 0.25) is 5.91 Å². The van der Waals surface area contributed by atoms with Gasteiger partial charge in [-0.3, -0.25) is 4.79 Å². The van der Waals surface area contributed by atoms with E-state index in [1.165, 1.54) is 34.2 Å². The molecule has 3 aromatic rings. The van der Waals surface area contributed by atoms with Gasteiger partial charge in [-0.1, -0.05) is 43.8 Å². The molecular weight excluding hydrogens is 398 g/mol. The molecule has 6 heteroatoms. The fourth-order valence-corrected chi connectivity index (χ4v) is 6.18. The zero-order valence-corrected chi connectivity index (χ0v) is 19.0. The zero-order valence-electron chi connectivity index (χ0n) is 17.4. The third-order valence-corrected chi connectivity index (χ3v) is 7.85. The summed E-state index contributed by atoms with van der Waals surface area (Å²) in [5.41, 5.74) is 4.62. The number of carbonyl (C=O) groups excluding carboxylic acids is 1. The molecule has 0 radical (unpaired) electrons. The van der Waals surface area contributed by atoms with E-state index in [-0.39, 0.29) is 11.2 Å². The molecular formula is C23H27N3OS2. The molecule has 1 aromatic carbocycles. The average Bonchev–Trinajstić information content (AvgIpc) is 3.08. The molecule has 152 valence electrons. The van der Waals surface area contributed by atoms with Crippen LogP contribution in [0.2, 0.25) is 0 Å². The van der Waals surface area contributed by atoms with Gasteiger partial charge in [0.15, 0.2) is 0 Å². The molecule has 0 fully saturated rings. The highest BCUT2D eigenvalue weighted by atomic mass is 32.2. The number of hydrogen-bond donors (Lipinski definition) is 1. The number of nitrogens with zero attached hydrogens (tertiary/aromatic N) is 2. The molecule has 0 unspecified atom stereocenters.